The van der Waals surface area contributed by atoms with Gasteiger partial charge in [-0.25, -0.2) is 4.39 Å². The third-order valence-corrected chi connectivity index (χ3v) is 3.78. The van der Waals surface area contributed by atoms with Crippen molar-refractivity contribution in [2.45, 2.75) is 18.9 Å². The standard InChI is InChI=1S/C16H22FN3O2/c1-19(2)15(12-5-3-6-13(17)11-12)16(22)18-8-10-20-9-4-7-14(20)21/h3,5-6,11,15H,4,7-10H2,1-2H3,(H,18,22). The number of hydrogen-bond acceptors (Lipinski definition) is 3. The lowest BCUT2D eigenvalue weighted by Crippen LogP contribution is -2.41. The zero-order valence-electron chi connectivity index (χ0n) is 13.0. The van der Waals surface area contributed by atoms with Crippen LogP contribution in [0.1, 0.15) is 24.4 Å². The molecule has 1 aliphatic rings. The summed E-state index contributed by atoms with van der Waals surface area (Å²) in [6.45, 7) is 1.69. The van der Waals surface area contributed by atoms with E-state index in [0.29, 0.717) is 25.1 Å². The van der Waals surface area contributed by atoms with E-state index >= 15 is 0 Å². The first-order valence-electron chi connectivity index (χ1n) is 7.46. The lowest BCUT2D eigenvalue weighted by atomic mass is 10.1. The molecule has 1 aliphatic heterocycles. The largest absolute Gasteiger partial charge is 0.353 e. The number of nitrogens with one attached hydrogen (secondary N) is 1. The van der Waals surface area contributed by atoms with Crippen LogP contribution in [0.4, 0.5) is 4.39 Å². The summed E-state index contributed by atoms with van der Waals surface area (Å²) in [5.41, 5.74) is 0.611. The van der Waals surface area contributed by atoms with Gasteiger partial charge in [0.1, 0.15) is 11.9 Å². The molecule has 5 nitrogen and oxygen atoms in total. The molecule has 1 fully saturated rings. The number of carbonyl (C=O) groups excluding carboxylic acids is 2. The van der Waals surface area contributed by atoms with Gasteiger partial charge >= 0.3 is 0 Å². The monoisotopic (exact) mass is 307 g/mol. The van der Waals surface area contributed by atoms with Gasteiger partial charge in [-0.05, 0) is 38.2 Å². The van der Waals surface area contributed by atoms with Gasteiger partial charge < -0.3 is 10.2 Å². The molecule has 1 heterocycles. The predicted molar refractivity (Wildman–Crippen MR) is 81.7 cm³/mol. The van der Waals surface area contributed by atoms with E-state index in [0.717, 1.165) is 13.0 Å². The summed E-state index contributed by atoms with van der Waals surface area (Å²) in [6, 6.07) is 5.50. The number of hydrogen-bond donors (Lipinski definition) is 1. The Labute approximate surface area is 130 Å². The van der Waals surface area contributed by atoms with Crippen LogP contribution in [0, 0.1) is 5.82 Å². The molecule has 1 unspecified atom stereocenters. The van der Waals surface area contributed by atoms with Crippen molar-refractivity contribution in [3.05, 3.63) is 35.6 Å². The van der Waals surface area contributed by atoms with Crippen LogP contribution in [0.25, 0.3) is 0 Å². The Bertz CT molecular complexity index is 548. The van der Waals surface area contributed by atoms with E-state index in [9.17, 15) is 14.0 Å². The second-order valence-corrected chi connectivity index (χ2v) is 5.70. The fourth-order valence-electron chi connectivity index (χ4n) is 2.71. The molecule has 1 saturated heterocycles. The van der Waals surface area contributed by atoms with E-state index < -0.39 is 6.04 Å². The molecule has 120 valence electrons. The Morgan fingerprint density at radius 3 is 2.82 bits per heavy atom. The van der Waals surface area contributed by atoms with E-state index in [1.54, 1.807) is 36.0 Å². The van der Waals surface area contributed by atoms with Gasteiger partial charge in [0.15, 0.2) is 0 Å². The normalized spacial score (nSPS) is 16.2. The topological polar surface area (TPSA) is 52.7 Å². The molecule has 1 aromatic carbocycles. The summed E-state index contributed by atoms with van der Waals surface area (Å²) in [4.78, 5) is 27.4. The second-order valence-electron chi connectivity index (χ2n) is 5.70. The fraction of sp³-hybridized carbons (Fsp3) is 0.500. The van der Waals surface area contributed by atoms with Crippen molar-refractivity contribution in [1.82, 2.24) is 15.1 Å². The highest BCUT2D eigenvalue weighted by Crippen LogP contribution is 2.19. The summed E-state index contributed by atoms with van der Waals surface area (Å²) >= 11 is 0. The Kier molecular flexibility index (Phi) is 5.49. The van der Waals surface area contributed by atoms with Gasteiger partial charge in [-0.1, -0.05) is 12.1 Å². The third-order valence-electron chi connectivity index (χ3n) is 3.78. The summed E-state index contributed by atoms with van der Waals surface area (Å²) in [5, 5.41) is 2.83. The van der Waals surface area contributed by atoms with Crippen LogP contribution in [0.5, 0.6) is 0 Å². The molecule has 0 saturated carbocycles. The van der Waals surface area contributed by atoms with E-state index in [2.05, 4.69) is 5.32 Å². The molecule has 0 spiro atoms. The van der Waals surface area contributed by atoms with Crippen molar-refractivity contribution in [3.63, 3.8) is 0 Å². The average molecular weight is 307 g/mol. The molecule has 1 N–H and O–H groups in total. The molecule has 1 atom stereocenters. The smallest absolute Gasteiger partial charge is 0.242 e. The molecular weight excluding hydrogens is 285 g/mol. The van der Waals surface area contributed by atoms with Gasteiger partial charge in [0.05, 0.1) is 0 Å². The van der Waals surface area contributed by atoms with Gasteiger partial charge in [-0.3, -0.25) is 14.5 Å². The van der Waals surface area contributed by atoms with Crippen LogP contribution in [-0.4, -0.2) is 55.3 Å². The van der Waals surface area contributed by atoms with Crippen molar-refractivity contribution in [2.75, 3.05) is 33.7 Å². The summed E-state index contributed by atoms with van der Waals surface area (Å²) in [6.07, 6.45) is 1.48. The number of halogens is 1. The van der Waals surface area contributed by atoms with Gasteiger partial charge in [0.2, 0.25) is 11.8 Å². The van der Waals surface area contributed by atoms with Crippen molar-refractivity contribution in [1.29, 1.82) is 0 Å². The summed E-state index contributed by atoms with van der Waals surface area (Å²) in [7, 11) is 3.55. The maximum absolute atomic E-state index is 13.4. The van der Waals surface area contributed by atoms with E-state index in [1.807, 2.05) is 0 Å². The number of amides is 2. The van der Waals surface area contributed by atoms with E-state index in [1.165, 1.54) is 12.1 Å². The zero-order chi connectivity index (χ0) is 16.1. The third kappa shape index (κ3) is 4.04. The predicted octanol–water partition coefficient (Wildman–Crippen LogP) is 1.17. The molecule has 2 rings (SSSR count). The minimum atomic E-state index is -0.551. The molecule has 0 aromatic heterocycles. The van der Waals surface area contributed by atoms with Gasteiger partial charge in [-0.15, -0.1) is 0 Å². The second kappa shape index (κ2) is 7.35. The average Bonchev–Trinajstić information content (AvgIpc) is 2.84. The van der Waals surface area contributed by atoms with E-state index in [4.69, 9.17) is 0 Å². The number of nitrogens with zero attached hydrogens (tertiary/aromatic N) is 2. The lowest BCUT2D eigenvalue weighted by molar-refractivity contribution is -0.129. The number of likely N-dealkylation sites (N-methyl/N-ethyl adjacent to an activating group) is 1. The highest BCUT2D eigenvalue weighted by atomic mass is 19.1. The molecule has 0 bridgehead atoms. The van der Waals surface area contributed by atoms with Crippen molar-refractivity contribution < 1.29 is 14.0 Å². The lowest BCUT2D eigenvalue weighted by Gasteiger charge is -2.24. The fourth-order valence-corrected chi connectivity index (χ4v) is 2.71. The number of likely N-dealkylation sites (tertiary alicyclic amines) is 1. The zero-order valence-corrected chi connectivity index (χ0v) is 13.0. The molecule has 0 radical (unpaired) electrons. The van der Waals surface area contributed by atoms with Crippen LogP contribution in [0.15, 0.2) is 24.3 Å². The number of carbonyl (C=O) groups is 2. The maximum Gasteiger partial charge on any atom is 0.242 e. The highest BCUT2D eigenvalue weighted by Gasteiger charge is 2.24. The maximum atomic E-state index is 13.4. The van der Waals surface area contributed by atoms with Crippen molar-refractivity contribution in [3.8, 4) is 0 Å². The van der Waals surface area contributed by atoms with Crippen LogP contribution < -0.4 is 5.32 Å². The molecule has 1 aromatic rings. The molecule has 22 heavy (non-hydrogen) atoms. The summed E-state index contributed by atoms with van der Waals surface area (Å²) < 4.78 is 13.4. The van der Waals surface area contributed by atoms with Gasteiger partial charge in [-0.2, -0.15) is 0 Å². The van der Waals surface area contributed by atoms with Gasteiger partial charge in [0.25, 0.3) is 0 Å². The van der Waals surface area contributed by atoms with Crippen molar-refractivity contribution >= 4 is 11.8 Å². The SMILES string of the molecule is CN(C)C(C(=O)NCCN1CCCC1=O)c1cccc(F)c1. The van der Waals surface area contributed by atoms with Crippen molar-refractivity contribution in [2.24, 2.45) is 0 Å². The van der Waals surface area contributed by atoms with Crippen LogP contribution in [0.3, 0.4) is 0 Å². The quantitative estimate of drug-likeness (QED) is 0.858. The van der Waals surface area contributed by atoms with Crippen LogP contribution in [0.2, 0.25) is 0 Å². The summed E-state index contributed by atoms with van der Waals surface area (Å²) in [5.74, 6) is -0.411. The molecular formula is C16H22FN3O2. The number of rotatable bonds is 6. The minimum Gasteiger partial charge on any atom is -0.353 e. The first kappa shape index (κ1) is 16.4. The first-order valence-corrected chi connectivity index (χ1v) is 7.46. The molecule has 0 aliphatic carbocycles. The number of benzene rings is 1. The Morgan fingerprint density at radius 1 is 1.45 bits per heavy atom. The minimum absolute atomic E-state index is 0.142. The molecule has 2 amide bonds. The Hall–Kier alpha value is -1.95. The molecule has 6 heteroatoms. The Balaban J connectivity index is 1.94. The van der Waals surface area contributed by atoms with Gasteiger partial charge in [0, 0.05) is 26.1 Å². The van der Waals surface area contributed by atoms with Crippen LogP contribution >= 0.6 is 0 Å². The highest BCUT2D eigenvalue weighted by molar-refractivity contribution is 5.83. The first-order chi connectivity index (χ1) is 10.5. The van der Waals surface area contributed by atoms with Crippen LogP contribution in [-0.2, 0) is 9.59 Å². The Morgan fingerprint density at radius 2 is 2.23 bits per heavy atom. The van der Waals surface area contributed by atoms with E-state index in [-0.39, 0.29) is 17.6 Å².